The minimum Gasteiger partial charge on any atom is -0.465 e. The van der Waals surface area contributed by atoms with E-state index in [0.29, 0.717) is 31.2 Å². The Morgan fingerprint density at radius 3 is 3.13 bits per heavy atom. The maximum absolute atomic E-state index is 11.8. The molecule has 3 rings (SSSR count). The summed E-state index contributed by atoms with van der Waals surface area (Å²) in [6.45, 7) is 3.95. The zero-order valence-corrected chi connectivity index (χ0v) is 13.4. The van der Waals surface area contributed by atoms with Crippen LogP contribution in [0.2, 0.25) is 0 Å². The molecule has 8 nitrogen and oxygen atoms in total. The number of halogens is 1. The normalized spacial score (nSPS) is 20.5. The largest absolute Gasteiger partial charge is 0.465 e. The Morgan fingerprint density at radius 2 is 2.39 bits per heavy atom. The number of rotatable bonds is 4. The number of ether oxygens (including phenoxy) is 1. The fourth-order valence-corrected chi connectivity index (χ4v) is 3.13. The minimum atomic E-state index is -1.04. The minimum absolute atomic E-state index is 0.0590. The van der Waals surface area contributed by atoms with Crippen LogP contribution in [0.25, 0.3) is 5.65 Å². The van der Waals surface area contributed by atoms with Crippen LogP contribution >= 0.6 is 11.6 Å². The SMILES string of the molecule is CC(CN(C(=O)O)c1ccnc2ccnn12)N1CCOCC1Cl. The molecule has 2 atom stereocenters. The summed E-state index contributed by atoms with van der Waals surface area (Å²) < 4.78 is 6.83. The fourth-order valence-electron chi connectivity index (χ4n) is 2.75. The molecule has 0 saturated carbocycles. The molecule has 0 aromatic carbocycles. The summed E-state index contributed by atoms with van der Waals surface area (Å²) in [7, 11) is 0. The van der Waals surface area contributed by atoms with Crippen LogP contribution in [0.5, 0.6) is 0 Å². The second-order valence-electron chi connectivity index (χ2n) is 5.39. The highest BCUT2D eigenvalue weighted by molar-refractivity contribution is 6.20. The van der Waals surface area contributed by atoms with Gasteiger partial charge in [0.05, 0.1) is 19.4 Å². The van der Waals surface area contributed by atoms with Crippen molar-refractivity contribution in [3.8, 4) is 0 Å². The van der Waals surface area contributed by atoms with Gasteiger partial charge < -0.3 is 9.84 Å². The fraction of sp³-hybridized carbons (Fsp3) is 0.500. The summed E-state index contributed by atoms with van der Waals surface area (Å²) in [4.78, 5) is 19.2. The van der Waals surface area contributed by atoms with Crippen molar-refractivity contribution in [2.75, 3.05) is 31.2 Å². The van der Waals surface area contributed by atoms with Gasteiger partial charge in [-0.05, 0) is 13.0 Å². The predicted octanol–water partition coefficient (Wildman–Crippen LogP) is 1.50. The van der Waals surface area contributed by atoms with Gasteiger partial charge in [0, 0.05) is 31.4 Å². The third-order valence-corrected chi connectivity index (χ3v) is 4.28. The molecule has 124 valence electrons. The van der Waals surface area contributed by atoms with E-state index in [9.17, 15) is 9.90 Å². The van der Waals surface area contributed by atoms with Crippen molar-refractivity contribution in [3.63, 3.8) is 0 Å². The van der Waals surface area contributed by atoms with Crippen LogP contribution in [-0.2, 0) is 4.74 Å². The molecule has 1 aliphatic heterocycles. The molecule has 3 heterocycles. The van der Waals surface area contributed by atoms with Crippen molar-refractivity contribution in [2.24, 2.45) is 0 Å². The van der Waals surface area contributed by atoms with Crippen LogP contribution in [-0.4, -0.2) is 68.5 Å². The van der Waals surface area contributed by atoms with Crippen LogP contribution in [0.15, 0.2) is 24.5 Å². The van der Waals surface area contributed by atoms with Crippen molar-refractivity contribution in [3.05, 3.63) is 24.5 Å². The first-order valence-electron chi connectivity index (χ1n) is 7.34. The average molecular weight is 340 g/mol. The van der Waals surface area contributed by atoms with Crippen LogP contribution in [0.3, 0.4) is 0 Å². The second kappa shape index (κ2) is 6.69. The Balaban J connectivity index is 1.84. The molecular weight excluding hydrogens is 322 g/mol. The van der Waals surface area contributed by atoms with Gasteiger partial charge in [-0.2, -0.15) is 9.61 Å². The van der Waals surface area contributed by atoms with E-state index in [1.165, 1.54) is 9.42 Å². The van der Waals surface area contributed by atoms with Gasteiger partial charge in [-0.1, -0.05) is 0 Å². The number of hydrogen-bond acceptors (Lipinski definition) is 5. The first-order valence-corrected chi connectivity index (χ1v) is 7.78. The van der Waals surface area contributed by atoms with Gasteiger partial charge in [0.25, 0.3) is 0 Å². The summed E-state index contributed by atoms with van der Waals surface area (Å²) in [6, 6.07) is 3.30. The summed E-state index contributed by atoms with van der Waals surface area (Å²) in [6.07, 6.45) is 2.12. The molecule has 1 fully saturated rings. The lowest BCUT2D eigenvalue weighted by atomic mass is 10.2. The number of alkyl halides is 1. The monoisotopic (exact) mass is 339 g/mol. The molecule has 1 aliphatic rings. The average Bonchev–Trinajstić information content (AvgIpc) is 3.01. The lowest BCUT2D eigenvalue weighted by Crippen LogP contribution is -2.52. The third kappa shape index (κ3) is 3.24. The highest BCUT2D eigenvalue weighted by Crippen LogP contribution is 2.19. The number of morpholine rings is 1. The Bertz CT molecular complexity index is 694. The molecule has 0 bridgehead atoms. The number of carboxylic acid groups (broad SMARTS) is 1. The molecular formula is C14H18ClN5O3. The maximum atomic E-state index is 11.8. The smallest absolute Gasteiger partial charge is 0.413 e. The van der Waals surface area contributed by atoms with Gasteiger partial charge in [-0.25, -0.2) is 9.78 Å². The first kappa shape index (κ1) is 16.0. The van der Waals surface area contributed by atoms with Crippen LogP contribution < -0.4 is 4.90 Å². The Hall–Kier alpha value is -1.90. The number of amides is 1. The van der Waals surface area contributed by atoms with E-state index in [0.717, 1.165) is 0 Å². The zero-order chi connectivity index (χ0) is 16.4. The lowest BCUT2D eigenvalue weighted by molar-refractivity contribution is 0.00562. The molecule has 2 aromatic heterocycles. The Morgan fingerprint density at radius 1 is 1.57 bits per heavy atom. The molecule has 0 radical (unpaired) electrons. The number of aromatic nitrogens is 3. The molecule has 1 amide bonds. The number of fused-ring (bicyclic) bond motifs is 1. The molecule has 1 saturated heterocycles. The number of hydrogen-bond donors (Lipinski definition) is 1. The molecule has 1 N–H and O–H groups in total. The molecule has 23 heavy (non-hydrogen) atoms. The lowest BCUT2D eigenvalue weighted by Gasteiger charge is -2.37. The van der Waals surface area contributed by atoms with E-state index >= 15 is 0 Å². The first-order chi connectivity index (χ1) is 11.1. The van der Waals surface area contributed by atoms with Gasteiger partial charge in [0.15, 0.2) is 5.65 Å². The Labute approximate surface area is 138 Å². The van der Waals surface area contributed by atoms with Crippen molar-refractivity contribution in [1.29, 1.82) is 0 Å². The van der Waals surface area contributed by atoms with E-state index in [1.54, 1.807) is 24.5 Å². The number of nitrogens with zero attached hydrogens (tertiary/aromatic N) is 5. The standard InChI is InChI=1S/C14H18ClN5O3/c1-10(18-6-7-23-9-11(18)15)8-19(14(21)22)13-3-4-16-12-2-5-17-20(12)13/h2-5,10-11H,6-9H2,1H3,(H,21,22). The van der Waals surface area contributed by atoms with Gasteiger partial charge >= 0.3 is 6.09 Å². The topological polar surface area (TPSA) is 83.2 Å². The van der Waals surface area contributed by atoms with Crippen LogP contribution in [0.4, 0.5) is 10.6 Å². The molecule has 0 aliphatic carbocycles. The van der Waals surface area contributed by atoms with Crippen LogP contribution in [0, 0.1) is 0 Å². The molecule has 9 heteroatoms. The zero-order valence-electron chi connectivity index (χ0n) is 12.7. The van der Waals surface area contributed by atoms with E-state index < -0.39 is 6.09 Å². The predicted molar refractivity (Wildman–Crippen MR) is 85.0 cm³/mol. The maximum Gasteiger partial charge on any atom is 0.413 e. The third-order valence-electron chi connectivity index (χ3n) is 3.90. The van der Waals surface area contributed by atoms with Gasteiger partial charge in [-0.15, -0.1) is 11.6 Å². The summed E-state index contributed by atoms with van der Waals surface area (Å²) in [5.74, 6) is 0.457. The highest BCUT2D eigenvalue weighted by atomic mass is 35.5. The van der Waals surface area contributed by atoms with Crippen molar-refractivity contribution in [2.45, 2.75) is 18.5 Å². The van der Waals surface area contributed by atoms with E-state index in [1.807, 2.05) is 11.8 Å². The molecule has 2 aromatic rings. The molecule has 0 spiro atoms. The highest BCUT2D eigenvalue weighted by Gasteiger charge is 2.29. The molecule has 2 unspecified atom stereocenters. The Kier molecular flexibility index (Phi) is 4.65. The van der Waals surface area contributed by atoms with Gasteiger partial charge in [-0.3, -0.25) is 9.80 Å². The van der Waals surface area contributed by atoms with E-state index in [4.69, 9.17) is 16.3 Å². The number of carbonyl (C=O) groups is 1. The number of anilines is 1. The summed E-state index contributed by atoms with van der Waals surface area (Å²) >= 11 is 6.27. The van der Waals surface area contributed by atoms with Crippen molar-refractivity contribution >= 4 is 29.2 Å². The quantitative estimate of drug-likeness (QED) is 0.671. The van der Waals surface area contributed by atoms with Gasteiger partial charge in [0.1, 0.15) is 11.3 Å². The van der Waals surface area contributed by atoms with E-state index in [2.05, 4.69) is 10.1 Å². The summed E-state index contributed by atoms with van der Waals surface area (Å²) in [5, 5.41) is 13.8. The van der Waals surface area contributed by atoms with Gasteiger partial charge in [0.2, 0.25) is 0 Å². The second-order valence-corrected chi connectivity index (χ2v) is 5.90. The summed E-state index contributed by atoms with van der Waals surface area (Å²) in [5.41, 5.74) is 0.347. The van der Waals surface area contributed by atoms with Crippen LogP contribution in [0.1, 0.15) is 6.92 Å². The van der Waals surface area contributed by atoms with Crippen molar-refractivity contribution in [1.82, 2.24) is 19.5 Å². The van der Waals surface area contributed by atoms with E-state index in [-0.39, 0.29) is 18.1 Å². The van der Waals surface area contributed by atoms with Crippen molar-refractivity contribution < 1.29 is 14.6 Å².